The Morgan fingerprint density at radius 3 is 2.74 bits per heavy atom. The first-order valence-corrected chi connectivity index (χ1v) is 8.76. The molecule has 0 saturated heterocycles. The summed E-state index contributed by atoms with van der Waals surface area (Å²) in [4.78, 5) is 0. The topological polar surface area (TPSA) is 12.0 Å². The van der Waals surface area contributed by atoms with Gasteiger partial charge in [0, 0.05) is 17.0 Å². The van der Waals surface area contributed by atoms with Crippen molar-refractivity contribution in [2.24, 2.45) is 0 Å². The van der Waals surface area contributed by atoms with Crippen LogP contribution in [0.4, 0.5) is 0 Å². The molecule has 1 atom stereocenters. The summed E-state index contributed by atoms with van der Waals surface area (Å²) in [5.41, 5.74) is 2.81. The van der Waals surface area contributed by atoms with E-state index in [9.17, 15) is 0 Å². The molecule has 0 bridgehead atoms. The van der Waals surface area contributed by atoms with E-state index in [1.807, 2.05) is 0 Å². The third-order valence-electron chi connectivity index (χ3n) is 3.95. The molecule has 1 unspecified atom stereocenters. The number of hydrogen-bond donors (Lipinski definition) is 1. The second kappa shape index (κ2) is 7.96. The van der Waals surface area contributed by atoms with Crippen LogP contribution < -0.4 is 5.32 Å². The van der Waals surface area contributed by atoms with E-state index >= 15 is 0 Å². The van der Waals surface area contributed by atoms with Gasteiger partial charge in [-0.2, -0.15) is 11.8 Å². The fourth-order valence-corrected chi connectivity index (χ4v) is 4.31. The second-order valence-electron chi connectivity index (χ2n) is 5.62. The van der Waals surface area contributed by atoms with Crippen LogP contribution in [-0.4, -0.2) is 17.5 Å². The minimum absolute atomic E-state index is 0.511. The molecule has 0 amide bonds. The van der Waals surface area contributed by atoms with Crippen LogP contribution in [0.2, 0.25) is 0 Å². The van der Waals surface area contributed by atoms with E-state index in [2.05, 4.69) is 55.2 Å². The molecule has 1 saturated carbocycles. The monoisotopic (exact) mass is 277 g/mol. The van der Waals surface area contributed by atoms with Gasteiger partial charge in [0.1, 0.15) is 0 Å². The van der Waals surface area contributed by atoms with Gasteiger partial charge in [0.25, 0.3) is 0 Å². The first kappa shape index (κ1) is 14.9. The highest BCUT2D eigenvalue weighted by molar-refractivity contribution is 7.99. The van der Waals surface area contributed by atoms with Crippen LogP contribution in [0, 0.1) is 6.92 Å². The molecule has 1 aliphatic rings. The highest BCUT2D eigenvalue weighted by atomic mass is 32.2. The maximum Gasteiger partial charge on any atom is 0.0411 e. The normalized spacial score (nSPS) is 18.4. The molecule has 1 fully saturated rings. The van der Waals surface area contributed by atoms with Gasteiger partial charge in [-0.1, -0.05) is 56.0 Å². The van der Waals surface area contributed by atoms with Crippen LogP contribution >= 0.6 is 11.8 Å². The lowest BCUT2D eigenvalue weighted by Gasteiger charge is -2.25. The summed E-state index contributed by atoms with van der Waals surface area (Å²) in [5, 5.41) is 4.55. The van der Waals surface area contributed by atoms with E-state index in [1.165, 1.54) is 49.0 Å². The van der Waals surface area contributed by atoms with Gasteiger partial charge in [0.15, 0.2) is 0 Å². The van der Waals surface area contributed by atoms with E-state index in [-0.39, 0.29) is 0 Å². The number of nitrogens with one attached hydrogen (secondary N) is 1. The Bertz CT molecular complexity index is 371. The Morgan fingerprint density at radius 1 is 1.26 bits per heavy atom. The van der Waals surface area contributed by atoms with Crippen LogP contribution in [0.5, 0.6) is 0 Å². The molecule has 1 aliphatic carbocycles. The average molecular weight is 277 g/mol. The fourth-order valence-electron chi connectivity index (χ4n) is 2.87. The standard InChI is InChI=1S/C17H27NS/c1-3-18-17(15-9-7-8-14(2)12-15)13-19-16-10-5-4-6-11-16/h7-9,12,16-18H,3-6,10-11,13H2,1-2H3. The van der Waals surface area contributed by atoms with Crippen molar-refractivity contribution in [3.63, 3.8) is 0 Å². The summed E-state index contributed by atoms with van der Waals surface area (Å²) in [5.74, 6) is 1.21. The molecule has 2 heteroatoms. The smallest absolute Gasteiger partial charge is 0.0411 e. The van der Waals surface area contributed by atoms with Gasteiger partial charge in [-0.25, -0.2) is 0 Å². The summed E-state index contributed by atoms with van der Waals surface area (Å²) < 4.78 is 0. The molecule has 0 radical (unpaired) electrons. The Balaban J connectivity index is 1.91. The number of aryl methyl sites for hydroxylation is 1. The van der Waals surface area contributed by atoms with Crippen molar-refractivity contribution < 1.29 is 0 Å². The summed E-state index contributed by atoms with van der Waals surface area (Å²) >= 11 is 2.18. The summed E-state index contributed by atoms with van der Waals surface area (Å²) in [6.07, 6.45) is 7.18. The first-order valence-electron chi connectivity index (χ1n) is 7.71. The van der Waals surface area contributed by atoms with Gasteiger partial charge in [-0.05, 0) is 31.9 Å². The fraction of sp³-hybridized carbons (Fsp3) is 0.647. The molecule has 2 rings (SSSR count). The van der Waals surface area contributed by atoms with Crippen molar-refractivity contribution in [1.29, 1.82) is 0 Å². The maximum absolute atomic E-state index is 3.64. The zero-order valence-electron chi connectivity index (χ0n) is 12.3. The molecule has 0 aliphatic heterocycles. The molecular formula is C17H27NS. The predicted molar refractivity (Wildman–Crippen MR) is 86.9 cm³/mol. The summed E-state index contributed by atoms with van der Waals surface area (Å²) in [6.45, 7) is 5.43. The largest absolute Gasteiger partial charge is 0.310 e. The third kappa shape index (κ3) is 4.85. The third-order valence-corrected chi connectivity index (χ3v) is 5.41. The first-order chi connectivity index (χ1) is 9.29. The van der Waals surface area contributed by atoms with Crippen molar-refractivity contribution in [3.8, 4) is 0 Å². The molecule has 19 heavy (non-hydrogen) atoms. The van der Waals surface area contributed by atoms with Gasteiger partial charge in [0.05, 0.1) is 0 Å². The Hall–Kier alpha value is -0.470. The highest BCUT2D eigenvalue weighted by Crippen LogP contribution is 2.31. The number of thioether (sulfide) groups is 1. The van der Waals surface area contributed by atoms with E-state index in [0.717, 1.165) is 11.8 Å². The van der Waals surface area contributed by atoms with E-state index in [1.54, 1.807) is 0 Å². The Morgan fingerprint density at radius 2 is 2.05 bits per heavy atom. The number of hydrogen-bond acceptors (Lipinski definition) is 2. The van der Waals surface area contributed by atoms with Crippen LogP contribution in [-0.2, 0) is 0 Å². The van der Waals surface area contributed by atoms with Crippen molar-refractivity contribution in [3.05, 3.63) is 35.4 Å². The second-order valence-corrected chi connectivity index (χ2v) is 6.95. The number of rotatable bonds is 6. The predicted octanol–water partition coefficient (Wildman–Crippen LogP) is 4.71. The Labute approximate surface area is 122 Å². The summed E-state index contributed by atoms with van der Waals surface area (Å²) in [7, 11) is 0. The van der Waals surface area contributed by atoms with E-state index in [4.69, 9.17) is 0 Å². The lowest BCUT2D eigenvalue weighted by atomic mass is 10.0. The van der Waals surface area contributed by atoms with E-state index < -0.39 is 0 Å². The van der Waals surface area contributed by atoms with Crippen molar-refractivity contribution in [2.75, 3.05) is 12.3 Å². The molecule has 1 aromatic carbocycles. The van der Waals surface area contributed by atoms with E-state index in [0.29, 0.717) is 6.04 Å². The molecule has 1 N–H and O–H groups in total. The van der Waals surface area contributed by atoms with Gasteiger partial charge in [-0.3, -0.25) is 0 Å². The maximum atomic E-state index is 3.64. The average Bonchev–Trinajstić information content (AvgIpc) is 2.44. The lowest BCUT2D eigenvalue weighted by molar-refractivity contribution is 0.514. The number of benzene rings is 1. The minimum Gasteiger partial charge on any atom is -0.310 e. The van der Waals surface area contributed by atoms with Crippen molar-refractivity contribution >= 4 is 11.8 Å². The molecular weight excluding hydrogens is 250 g/mol. The van der Waals surface area contributed by atoms with Gasteiger partial charge >= 0.3 is 0 Å². The minimum atomic E-state index is 0.511. The zero-order valence-corrected chi connectivity index (χ0v) is 13.1. The van der Waals surface area contributed by atoms with Crippen LogP contribution in [0.25, 0.3) is 0 Å². The molecule has 0 heterocycles. The molecule has 106 valence electrons. The van der Waals surface area contributed by atoms with Gasteiger partial charge in [0.2, 0.25) is 0 Å². The zero-order chi connectivity index (χ0) is 13.5. The molecule has 0 aromatic heterocycles. The van der Waals surface area contributed by atoms with Crippen LogP contribution in [0.1, 0.15) is 56.2 Å². The molecule has 1 nitrogen and oxygen atoms in total. The summed E-state index contributed by atoms with van der Waals surface area (Å²) in [6, 6.07) is 9.47. The quantitative estimate of drug-likeness (QED) is 0.808. The van der Waals surface area contributed by atoms with Crippen molar-refractivity contribution in [1.82, 2.24) is 5.32 Å². The highest BCUT2D eigenvalue weighted by Gasteiger charge is 2.17. The SMILES string of the molecule is CCNC(CSC1CCCCC1)c1cccc(C)c1. The van der Waals surface area contributed by atoms with Crippen molar-refractivity contribution in [2.45, 2.75) is 57.2 Å². The molecule has 1 aromatic rings. The Kier molecular flexibility index (Phi) is 6.25. The lowest BCUT2D eigenvalue weighted by Crippen LogP contribution is -2.24. The van der Waals surface area contributed by atoms with Gasteiger partial charge in [-0.15, -0.1) is 0 Å². The van der Waals surface area contributed by atoms with Gasteiger partial charge < -0.3 is 5.32 Å². The molecule has 0 spiro atoms. The van der Waals surface area contributed by atoms with Crippen LogP contribution in [0.3, 0.4) is 0 Å². The van der Waals surface area contributed by atoms with Crippen LogP contribution in [0.15, 0.2) is 24.3 Å².